The number of unbranched alkanes of at least 4 members (excludes halogenated alkanes) is 14. The van der Waals surface area contributed by atoms with Crippen LogP contribution >= 0.6 is 0 Å². The first-order valence-corrected chi connectivity index (χ1v) is 29.5. The zero-order valence-electron chi connectivity index (χ0n) is 47.0. The van der Waals surface area contributed by atoms with E-state index >= 15 is 0 Å². The smallest absolute Gasteiger partial charge is 0.412 e. The van der Waals surface area contributed by atoms with Crippen LogP contribution in [0.1, 0.15) is 219 Å². The minimum atomic E-state index is -2.86. The van der Waals surface area contributed by atoms with E-state index in [4.69, 9.17) is 23.4 Å². The fraction of sp³-hybridized carbons (Fsp3) is 0.733. The van der Waals surface area contributed by atoms with Crippen molar-refractivity contribution in [3.63, 3.8) is 0 Å². The van der Waals surface area contributed by atoms with Gasteiger partial charge in [0.2, 0.25) is 0 Å². The summed E-state index contributed by atoms with van der Waals surface area (Å²) in [5.74, 6) is 6.26. The van der Waals surface area contributed by atoms with Crippen molar-refractivity contribution < 1.29 is 38.1 Å². The molecule has 2 amide bonds. The predicted octanol–water partition coefficient (Wildman–Crippen LogP) is 13.8. The molecule has 0 aliphatic carbocycles. The van der Waals surface area contributed by atoms with Crippen LogP contribution in [-0.4, -0.2) is 95.1 Å². The minimum absolute atomic E-state index is 0.0154. The van der Waals surface area contributed by atoms with E-state index in [9.17, 15) is 14.7 Å². The van der Waals surface area contributed by atoms with E-state index in [-0.39, 0.29) is 41.5 Å². The molecule has 2 aliphatic heterocycles. The van der Waals surface area contributed by atoms with Gasteiger partial charge in [-0.25, -0.2) is 9.59 Å². The van der Waals surface area contributed by atoms with Crippen molar-refractivity contribution in [2.24, 2.45) is 0 Å². The van der Waals surface area contributed by atoms with Crippen LogP contribution in [0, 0.1) is 11.8 Å². The Morgan fingerprint density at radius 3 is 1.51 bits per heavy atom. The third-order valence-electron chi connectivity index (χ3n) is 14.1. The van der Waals surface area contributed by atoms with Gasteiger partial charge in [-0.2, -0.15) is 0 Å². The Kier molecular flexibility index (Phi) is 23.1. The number of hydrogen-bond donors (Lipinski definition) is 1. The van der Waals surface area contributed by atoms with E-state index in [0.717, 1.165) is 70.6 Å². The van der Waals surface area contributed by atoms with Crippen molar-refractivity contribution in [1.82, 2.24) is 9.80 Å². The molecule has 1 unspecified atom stereocenters. The monoisotopic (exact) mass is 1000 g/mol. The molecule has 2 fully saturated rings. The number of aliphatic hydroxyl groups is 1. The lowest BCUT2D eigenvalue weighted by Gasteiger charge is -2.44. The van der Waals surface area contributed by atoms with Crippen LogP contribution in [0.3, 0.4) is 0 Å². The number of rotatable bonds is 25. The molecule has 2 aromatic carbocycles. The summed E-state index contributed by atoms with van der Waals surface area (Å²) in [7, 11) is -2.86. The van der Waals surface area contributed by atoms with E-state index < -0.39 is 37.1 Å². The standard InChI is InChI=1S/C60H98N2O8Si/c1-47-52(67-59(11,12)61(47)54(64)69-56(2,3)4)44-36-27-23-25-31-39-48(63)38-30-24-21-19-17-15-16-18-20-22-26-37-45-53-51(62(60(13,14)68-53)55(65)70-57(5,6)7)46-66-71(58(8,9)10,49-40-32-28-33-41-49)50-42-34-29-35-43-50/h28-29,32-35,40-43,47-48,51-53,63H,15-27,30,36-38,44-46H2,1-14H3/t47-,48?,51-,52-,53+/m0/s1. The highest BCUT2D eigenvalue weighted by molar-refractivity contribution is 6.99. The number of amides is 2. The molecular weight excluding hydrogens is 905 g/mol. The van der Waals surface area contributed by atoms with Gasteiger partial charge >= 0.3 is 12.2 Å². The van der Waals surface area contributed by atoms with Crippen LogP contribution in [0.15, 0.2) is 60.7 Å². The average Bonchev–Trinajstić information content (AvgIpc) is 3.67. The number of carbonyl (C=O) groups excluding carboxylic acids is 2. The Bertz CT molecular complexity index is 1900. The summed E-state index contributed by atoms with van der Waals surface area (Å²) in [5.41, 5.74) is -2.72. The Balaban J connectivity index is 1.10. The molecular formula is C60H98N2O8Si. The molecule has 5 atom stereocenters. The average molecular weight is 1000 g/mol. The first kappa shape index (κ1) is 60.2. The maximum atomic E-state index is 14.0. The second kappa shape index (κ2) is 27.2. The molecule has 4 rings (SSSR count). The van der Waals surface area contributed by atoms with E-state index in [1.54, 1.807) is 4.90 Å². The lowest BCUT2D eigenvalue weighted by molar-refractivity contribution is -0.0812. The normalized spacial score (nSPS) is 20.7. The fourth-order valence-electron chi connectivity index (χ4n) is 10.8. The summed E-state index contributed by atoms with van der Waals surface area (Å²) in [4.78, 5) is 30.4. The summed E-state index contributed by atoms with van der Waals surface area (Å²) in [5, 5.41) is 12.7. The molecule has 11 heteroatoms. The minimum Gasteiger partial charge on any atom is -0.444 e. The highest BCUT2D eigenvalue weighted by Crippen LogP contribution is 2.41. The van der Waals surface area contributed by atoms with Crippen molar-refractivity contribution in [3.05, 3.63) is 60.7 Å². The van der Waals surface area contributed by atoms with Crippen molar-refractivity contribution in [2.75, 3.05) is 6.61 Å². The van der Waals surface area contributed by atoms with Gasteiger partial charge in [-0.1, -0.05) is 171 Å². The first-order valence-electron chi connectivity index (χ1n) is 27.6. The van der Waals surface area contributed by atoms with Crippen LogP contribution in [0.5, 0.6) is 0 Å². The van der Waals surface area contributed by atoms with Crippen LogP contribution in [-0.2, 0) is 23.4 Å². The molecule has 0 bridgehead atoms. The summed E-state index contributed by atoms with van der Waals surface area (Å²) in [6.45, 7) is 28.5. The third kappa shape index (κ3) is 18.5. The lowest BCUT2D eigenvalue weighted by atomic mass is 10.0. The van der Waals surface area contributed by atoms with Gasteiger partial charge in [0.1, 0.15) is 28.8 Å². The lowest BCUT2D eigenvalue weighted by Crippen LogP contribution is -2.67. The molecule has 2 heterocycles. The van der Waals surface area contributed by atoms with Gasteiger partial charge in [-0.3, -0.25) is 9.80 Å². The highest BCUT2D eigenvalue weighted by atomic mass is 28.4. The van der Waals surface area contributed by atoms with Gasteiger partial charge in [0.15, 0.2) is 0 Å². The molecule has 0 aromatic heterocycles. The Labute approximate surface area is 433 Å². The quantitative estimate of drug-likeness (QED) is 0.0595. The van der Waals surface area contributed by atoms with Gasteiger partial charge in [0.25, 0.3) is 8.32 Å². The molecule has 0 spiro atoms. The van der Waals surface area contributed by atoms with Crippen molar-refractivity contribution in [1.29, 1.82) is 0 Å². The van der Waals surface area contributed by atoms with Crippen molar-refractivity contribution >= 4 is 30.9 Å². The number of hydrogen-bond acceptors (Lipinski definition) is 8. The summed E-state index contributed by atoms with van der Waals surface area (Å²) >= 11 is 0. The maximum Gasteiger partial charge on any atom is 0.412 e. The van der Waals surface area contributed by atoms with E-state index in [1.165, 1.54) is 61.7 Å². The number of benzene rings is 2. The Morgan fingerprint density at radius 1 is 0.620 bits per heavy atom. The fourth-order valence-corrected chi connectivity index (χ4v) is 15.3. The van der Waals surface area contributed by atoms with E-state index in [2.05, 4.69) is 93.3 Å². The molecule has 10 nitrogen and oxygen atoms in total. The number of ether oxygens (including phenoxy) is 4. The number of aliphatic hydroxyl groups excluding tert-OH is 1. The van der Waals surface area contributed by atoms with Crippen molar-refractivity contribution in [2.45, 2.75) is 277 Å². The topological polar surface area (TPSA) is 107 Å². The molecule has 71 heavy (non-hydrogen) atoms. The molecule has 2 saturated heterocycles. The van der Waals surface area contributed by atoms with Gasteiger partial charge in [0.05, 0.1) is 30.9 Å². The van der Waals surface area contributed by atoms with Gasteiger partial charge in [0, 0.05) is 6.42 Å². The first-order chi connectivity index (χ1) is 33.3. The van der Waals surface area contributed by atoms with E-state index in [1.807, 2.05) is 81.1 Å². The van der Waals surface area contributed by atoms with Crippen LogP contribution in [0.4, 0.5) is 9.59 Å². The van der Waals surface area contributed by atoms with Gasteiger partial charge < -0.3 is 28.5 Å². The SMILES string of the molecule is C[C@H]1[C@H](CCCCCC#CC(O)CCCCCCCCCCCCCC[C@H]2OC(C)(C)N(C(=O)OC(C)(C)C)[C@H]2CO[Si](c2ccccc2)(c2ccccc2)C(C)(C)C)OC(C)(C)N1C(=O)OC(C)(C)C. The van der Waals surface area contributed by atoms with Crippen molar-refractivity contribution in [3.8, 4) is 11.8 Å². The predicted molar refractivity (Wildman–Crippen MR) is 292 cm³/mol. The van der Waals surface area contributed by atoms with Crippen LogP contribution < -0.4 is 10.4 Å². The Hall–Kier alpha value is -3.40. The largest absolute Gasteiger partial charge is 0.444 e. The molecule has 0 radical (unpaired) electrons. The van der Waals surface area contributed by atoms with E-state index in [0.29, 0.717) is 6.61 Å². The zero-order chi connectivity index (χ0) is 52.5. The summed E-state index contributed by atoms with van der Waals surface area (Å²) in [6.07, 6.45) is 19.3. The van der Waals surface area contributed by atoms with Crippen LogP contribution in [0.25, 0.3) is 0 Å². The third-order valence-corrected chi connectivity index (χ3v) is 19.1. The summed E-state index contributed by atoms with van der Waals surface area (Å²) < 4.78 is 32.2. The van der Waals surface area contributed by atoms with Crippen LogP contribution in [0.2, 0.25) is 5.04 Å². The molecule has 2 aliphatic rings. The molecule has 1 N–H and O–H groups in total. The Morgan fingerprint density at radius 2 is 1.03 bits per heavy atom. The van der Waals surface area contributed by atoms with Gasteiger partial charge in [-0.15, -0.1) is 5.92 Å². The zero-order valence-corrected chi connectivity index (χ0v) is 48.0. The highest BCUT2D eigenvalue weighted by Gasteiger charge is 2.55. The maximum absolute atomic E-state index is 14.0. The number of nitrogens with zero attached hydrogens (tertiary/aromatic N) is 2. The summed E-state index contributed by atoms with van der Waals surface area (Å²) in [6, 6.07) is 21.0. The molecule has 400 valence electrons. The van der Waals surface area contributed by atoms with Gasteiger partial charge in [-0.05, 0) is 124 Å². The molecule has 2 aromatic rings. The second-order valence-electron chi connectivity index (χ2n) is 24.4. The second-order valence-corrected chi connectivity index (χ2v) is 28.8. The molecule has 0 saturated carbocycles. The number of carbonyl (C=O) groups is 2.